The maximum absolute atomic E-state index is 2.82. The van der Waals surface area contributed by atoms with Crippen LogP contribution >= 0.6 is 0 Å². The van der Waals surface area contributed by atoms with Crippen LogP contribution in [0, 0.1) is 28.6 Å². The van der Waals surface area contributed by atoms with Gasteiger partial charge in [-0.2, -0.15) is 0 Å². The van der Waals surface area contributed by atoms with Crippen molar-refractivity contribution >= 4 is 84.6 Å². The molecule has 2 saturated carbocycles. The highest BCUT2D eigenvalue weighted by molar-refractivity contribution is 7.00. The fourth-order valence-corrected chi connectivity index (χ4v) is 21.8. The summed E-state index contributed by atoms with van der Waals surface area (Å²) in [5, 5.41) is 2.50. The molecule has 3 atom stereocenters. The minimum absolute atomic E-state index is 0.0263. The molecule has 6 aliphatic carbocycles. The zero-order valence-electron chi connectivity index (χ0n) is 69.0. The molecule has 0 amide bonds. The molecule has 0 radical (unpaired) electrons. The van der Waals surface area contributed by atoms with Crippen LogP contribution in [0.3, 0.4) is 0 Å². The monoisotopic (exact) mass is 1500 g/mol. The molecule has 13 aromatic rings. The number of hydrogen-bond donors (Lipinski definition) is 0. The molecular weight excluding hydrogens is 1400 g/mol. The quantitative estimate of drug-likeness (QED) is 0.120. The van der Waals surface area contributed by atoms with Gasteiger partial charge >= 0.3 is 0 Å². The second-order valence-corrected chi connectivity index (χ2v) is 38.0. The zero-order chi connectivity index (χ0) is 78.5. The maximum atomic E-state index is 2.82. The second-order valence-electron chi connectivity index (χ2n) is 38.0. The molecule has 12 aromatic carbocycles. The summed E-state index contributed by atoms with van der Waals surface area (Å²) in [6, 6.07) is 105. The minimum atomic E-state index is -0.258. The molecule has 3 nitrogen and oxygen atoms in total. The molecule has 3 unspecified atom stereocenters. The van der Waals surface area contributed by atoms with E-state index in [-0.39, 0.29) is 28.9 Å². The second kappa shape index (κ2) is 28.2. The number of para-hydroxylation sites is 2. The van der Waals surface area contributed by atoms with E-state index in [9.17, 15) is 0 Å². The van der Waals surface area contributed by atoms with Gasteiger partial charge in [-0.3, -0.25) is 0 Å². The normalized spacial score (nSPS) is 18.6. The van der Waals surface area contributed by atoms with E-state index in [1.165, 1.54) is 248 Å². The summed E-state index contributed by atoms with van der Waals surface area (Å²) in [6.45, 7) is 21.3. The van der Waals surface area contributed by atoms with Gasteiger partial charge in [-0.05, 0) is 233 Å². The molecular formula is C112H104BN3. The summed E-state index contributed by atoms with van der Waals surface area (Å²) in [6.07, 6.45) is 29.1. The number of rotatable bonds is 11. The first-order valence-corrected chi connectivity index (χ1v) is 43.5. The predicted octanol–water partition coefficient (Wildman–Crippen LogP) is 29.0. The first kappa shape index (κ1) is 72.3. The predicted molar refractivity (Wildman–Crippen MR) is 495 cm³/mol. The van der Waals surface area contributed by atoms with Crippen molar-refractivity contribution in [1.82, 2.24) is 4.57 Å². The van der Waals surface area contributed by atoms with Crippen molar-refractivity contribution in [2.24, 2.45) is 28.6 Å². The van der Waals surface area contributed by atoms with E-state index in [0.29, 0.717) is 23.7 Å². The van der Waals surface area contributed by atoms with Gasteiger partial charge in [0.25, 0.3) is 6.71 Å². The third-order valence-electron chi connectivity index (χ3n) is 27.8. The first-order valence-electron chi connectivity index (χ1n) is 43.5. The van der Waals surface area contributed by atoms with Gasteiger partial charge in [0.2, 0.25) is 0 Å². The molecule has 2 fully saturated rings. The average Bonchev–Trinajstić information content (AvgIpc) is 0.745. The van der Waals surface area contributed by atoms with Crippen molar-refractivity contribution in [3.05, 3.63) is 353 Å². The molecule has 3 heterocycles. The fourth-order valence-electron chi connectivity index (χ4n) is 21.8. The molecule has 570 valence electrons. The van der Waals surface area contributed by atoms with Gasteiger partial charge in [0.05, 0.1) is 22.4 Å². The van der Waals surface area contributed by atoms with E-state index in [0.717, 1.165) is 12.1 Å². The lowest BCUT2D eigenvalue weighted by atomic mass is 9.33. The molecule has 1 aromatic heterocycles. The average molecular weight is 1500 g/mol. The Kier molecular flexibility index (Phi) is 17.6. The highest BCUT2D eigenvalue weighted by Crippen LogP contribution is 2.60. The zero-order valence-corrected chi connectivity index (χ0v) is 69.0. The molecule has 0 saturated heterocycles. The first-order chi connectivity index (χ1) is 56.4. The SMILES string of the molecule is CC(C)(C)C1=CC2=C(c3ccc4c(c3)B3c5ccc(-n6c7ccccc7c7ccccc76)cc5N(c5c(-c6ccccc6)cc(C6CCCCC6)cc5-c5ccccc5)c5cc(-c6ccc(C(C)(C)C)cc6)cc(c53)N4c3c(-c4ccccc4)cc(C4CCCCC4)cc3-c3ccccc3)C=C3C=C(C(C)(C)C)CC4C=CC(=C1)C2C34. The van der Waals surface area contributed by atoms with Crippen LogP contribution in [-0.4, -0.2) is 11.3 Å². The van der Waals surface area contributed by atoms with Crippen molar-refractivity contribution in [3.63, 3.8) is 0 Å². The Morgan fingerprint density at radius 2 is 0.853 bits per heavy atom. The Labute approximate surface area is 688 Å². The van der Waals surface area contributed by atoms with E-state index in [1.54, 1.807) is 0 Å². The number of aromatic nitrogens is 1. The maximum Gasteiger partial charge on any atom is 0.252 e. The van der Waals surface area contributed by atoms with Gasteiger partial charge in [0, 0.05) is 73.3 Å². The van der Waals surface area contributed by atoms with Crippen LogP contribution in [0.2, 0.25) is 0 Å². The van der Waals surface area contributed by atoms with Crippen LogP contribution in [0.15, 0.2) is 331 Å². The largest absolute Gasteiger partial charge is 0.310 e. The van der Waals surface area contributed by atoms with Crippen LogP contribution in [0.4, 0.5) is 34.1 Å². The Bertz CT molecular complexity index is 6130. The van der Waals surface area contributed by atoms with E-state index < -0.39 is 0 Å². The number of allylic oxidation sites excluding steroid dienone is 12. The molecule has 116 heavy (non-hydrogen) atoms. The molecule has 2 aliphatic heterocycles. The fraction of sp³-hybridized carbons (Fsp3) is 0.250. The van der Waals surface area contributed by atoms with E-state index in [2.05, 4.69) is 380 Å². The van der Waals surface area contributed by atoms with Crippen LogP contribution in [0.5, 0.6) is 0 Å². The topological polar surface area (TPSA) is 11.4 Å². The smallest absolute Gasteiger partial charge is 0.252 e. The summed E-state index contributed by atoms with van der Waals surface area (Å²) in [5.74, 6) is 1.90. The molecule has 0 bridgehead atoms. The molecule has 21 rings (SSSR count). The van der Waals surface area contributed by atoms with Gasteiger partial charge in [0.1, 0.15) is 0 Å². The Hall–Kier alpha value is -11.5. The lowest BCUT2D eigenvalue weighted by Crippen LogP contribution is -2.61. The summed E-state index contributed by atoms with van der Waals surface area (Å²) in [4.78, 5) is 5.64. The number of anilines is 6. The summed E-state index contributed by atoms with van der Waals surface area (Å²) in [5.41, 5.74) is 40.7. The Morgan fingerprint density at radius 3 is 1.35 bits per heavy atom. The van der Waals surface area contributed by atoms with Gasteiger partial charge < -0.3 is 14.4 Å². The van der Waals surface area contributed by atoms with Crippen LogP contribution in [-0.2, 0) is 5.41 Å². The lowest BCUT2D eigenvalue weighted by molar-refractivity contribution is 0.328. The summed E-state index contributed by atoms with van der Waals surface area (Å²) < 4.78 is 2.56. The number of benzene rings is 12. The summed E-state index contributed by atoms with van der Waals surface area (Å²) >= 11 is 0. The molecule has 0 spiro atoms. The highest BCUT2D eigenvalue weighted by atomic mass is 15.2. The minimum Gasteiger partial charge on any atom is -0.310 e. The Morgan fingerprint density at radius 1 is 0.362 bits per heavy atom. The number of hydrogen-bond acceptors (Lipinski definition) is 2. The number of nitrogens with zero attached hydrogens (tertiary/aromatic N) is 3. The van der Waals surface area contributed by atoms with Crippen LogP contribution < -0.4 is 26.2 Å². The van der Waals surface area contributed by atoms with Gasteiger partial charge in [-0.1, -0.05) is 343 Å². The van der Waals surface area contributed by atoms with Gasteiger partial charge in [-0.15, -0.1) is 0 Å². The van der Waals surface area contributed by atoms with Crippen LogP contribution in [0.25, 0.3) is 88.7 Å². The van der Waals surface area contributed by atoms with E-state index in [1.807, 2.05) is 0 Å². The highest BCUT2D eigenvalue weighted by Gasteiger charge is 2.49. The lowest BCUT2D eigenvalue weighted by Gasteiger charge is -2.48. The molecule has 0 N–H and O–H groups in total. The van der Waals surface area contributed by atoms with E-state index in [4.69, 9.17) is 0 Å². The van der Waals surface area contributed by atoms with Crippen molar-refractivity contribution < 1.29 is 0 Å². The van der Waals surface area contributed by atoms with Crippen molar-refractivity contribution in [3.8, 4) is 61.3 Å². The van der Waals surface area contributed by atoms with Crippen molar-refractivity contribution in [2.45, 2.75) is 150 Å². The molecule has 4 heteroatoms. The number of fused-ring (bicyclic) bond motifs is 7. The van der Waals surface area contributed by atoms with Crippen LogP contribution in [0.1, 0.15) is 167 Å². The molecule has 8 aliphatic rings. The van der Waals surface area contributed by atoms with Gasteiger partial charge in [-0.25, -0.2) is 0 Å². The summed E-state index contributed by atoms with van der Waals surface area (Å²) in [7, 11) is 0. The van der Waals surface area contributed by atoms with Gasteiger partial charge in [0.15, 0.2) is 0 Å². The third-order valence-corrected chi connectivity index (χ3v) is 27.8. The van der Waals surface area contributed by atoms with Crippen molar-refractivity contribution in [2.75, 3.05) is 9.80 Å². The third kappa shape index (κ3) is 12.3. The van der Waals surface area contributed by atoms with Crippen molar-refractivity contribution in [1.29, 1.82) is 0 Å². The van der Waals surface area contributed by atoms with E-state index >= 15 is 0 Å². The standard InChI is InChI=1S/C112H104BN3/c1-110(2,3)85-53-50-73(51-54-85)83-67-103-107-104(68-83)116(109-94(76-40-24-14-25-41-76)63-82(72-34-18-11-19-35-72)64-95(109)77-42-26-15-27-43-77)102-70-88(114-99-46-30-28-44-89(99)90-45-29-31-47-100(90)114)55-56-97(102)113(107)98-66-78(91-65-84-60-86(111(4,5)6)58-79-48-49-80-59-87(112(7,8)9)69-96(91)106(80)105(79)84)52-57-101(98)115(103)108-92(74-36-20-12-21-37-74)61-81(71-32-16-10-17-33-71)62-93(108)75-38-22-13-23-39-75/h12-15,20-31,36-57,59-72,79,105-106H,10-11,16-19,32-35,58H2,1-9H3. The Balaban J connectivity index is 0.940.